The molecule has 1 aliphatic heterocycles. The summed E-state index contributed by atoms with van der Waals surface area (Å²) in [6.45, 7) is 3.25. The molecule has 1 saturated heterocycles. The maximum atomic E-state index is 13.0. The minimum Gasteiger partial charge on any atom is -0.336 e. The SMILES string of the molecule is FC(F)c1ccnc2cc(-c3nc(N4CCNCC4)no3)nn12. The fourth-order valence-corrected chi connectivity index (χ4v) is 2.50. The number of halogens is 2. The molecule has 0 aliphatic carbocycles. The van der Waals surface area contributed by atoms with Crippen LogP contribution >= 0.6 is 0 Å². The number of hydrogen-bond acceptors (Lipinski definition) is 7. The van der Waals surface area contributed by atoms with Gasteiger partial charge in [0.15, 0.2) is 11.3 Å². The molecular formula is C13H13F2N7O. The molecule has 4 heterocycles. The van der Waals surface area contributed by atoms with Gasteiger partial charge in [0.25, 0.3) is 18.3 Å². The molecule has 0 amide bonds. The van der Waals surface area contributed by atoms with Gasteiger partial charge in [0.2, 0.25) is 0 Å². The highest BCUT2D eigenvalue weighted by atomic mass is 19.3. The Morgan fingerprint density at radius 1 is 1.26 bits per heavy atom. The Morgan fingerprint density at radius 2 is 2.09 bits per heavy atom. The van der Waals surface area contributed by atoms with E-state index in [0.717, 1.165) is 30.7 Å². The highest BCUT2D eigenvalue weighted by molar-refractivity contribution is 5.57. The quantitative estimate of drug-likeness (QED) is 0.774. The number of rotatable bonds is 3. The highest BCUT2D eigenvalue weighted by Gasteiger charge is 2.20. The van der Waals surface area contributed by atoms with Gasteiger partial charge in [-0.05, 0) is 11.2 Å². The molecule has 0 unspecified atom stereocenters. The van der Waals surface area contributed by atoms with Crippen molar-refractivity contribution in [3.05, 3.63) is 24.0 Å². The molecule has 0 spiro atoms. The van der Waals surface area contributed by atoms with E-state index in [1.165, 1.54) is 12.3 Å². The van der Waals surface area contributed by atoms with Crippen LogP contribution in [0.3, 0.4) is 0 Å². The first-order chi connectivity index (χ1) is 11.2. The summed E-state index contributed by atoms with van der Waals surface area (Å²) in [6.07, 6.45) is -1.32. The third-order valence-electron chi connectivity index (χ3n) is 3.65. The van der Waals surface area contributed by atoms with Crippen LogP contribution in [0.5, 0.6) is 0 Å². The van der Waals surface area contributed by atoms with Crippen LogP contribution in [-0.4, -0.2) is 50.9 Å². The van der Waals surface area contributed by atoms with Crippen molar-refractivity contribution in [2.75, 3.05) is 31.1 Å². The van der Waals surface area contributed by atoms with E-state index < -0.39 is 6.43 Å². The van der Waals surface area contributed by atoms with E-state index in [9.17, 15) is 8.78 Å². The number of fused-ring (bicyclic) bond motifs is 1. The number of anilines is 1. The molecule has 1 fully saturated rings. The zero-order chi connectivity index (χ0) is 15.8. The molecule has 23 heavy (non-hydrogen) atoms. The third-order valence-corrected chi connectivity index (χ3v) is 3.65. The predicted octanol–water partition coefficient (Wildman–Crippen LogP) is 1.13. The zero-order valence-electron chi connectivity index (χ0n) is 12.0. The van der Waals surface area contributed by atoms with Crippen molar-refractivity contribution in [1.29, 1.82) is 0 Å². The number of aromatic nitrogens is 5. The molecule has 0 atom stereocenters. The van der Waals surface area contributed by atoms with E-state index in [4.69, 9.17) is 4.52 Å². The average molecular weight is 321 g/mol. The lowest BCUT2D eigenvalue weighted by molar-refractivity contribution is 0.143. The topological polar surface area (TPSA) is 84.4 Å². The van der Waals surface area contributed by atoms with Crippen LogP contribution in [0.15, 0.2) is 22.9 Å². The van der Waals surface area contributed by atoms with Gasteiger partial charge in [-0.15, -0.1) is 0 Å². The number of nitrogens with one attached hydrogen (secondary N) is 1. The summed E-state index contributed by atoms with van der Waals surface area (Å²) in [7, 11) is 0. The van der Waals surface area contributed by atoms with Crippen LogP contribution in [0.1, 0.15) is 12.1 Å². The Morgan fingerprint density at radius 3 is 2.87 bits per heavy atom. The smallest absolute Gasteiger partial charge is 0.280 e. The Balaban J connectivity index is 1.69. The van der Waals surface area contributed by atoms with Gasteiger partial charge in [-0.3, -0.25) is 0 Å². The first-order valence-electron chi connectivity index (χ1n) is 7.15. The predicted molar refractivity (Wildman–Crippen MR) is 76.3 cm³/mol. The van der Waals surface area contributed by atoms with Crippen LogP contribution in [0.2, 0.25) is 0 Å². The third kappa shape index (κ3) is 2.50. The number of hydrogen-bond donors (Lipinski definition) is 1. The summed E-state index contributed by atoms with van der Waals surface area (Å²) in [5.74, 6) is 0.657. The van der Waals surface area contributed by atoms with Gasteiger partial charge in [-0.2, -0.15) is 10.1 Å². The van der Waals surface area contributed by atoms with Gasteiger partial charge >= 0.3 is 0 Å². The van der Waals surface area contributed by atoms with Crippen molar-refractivity contribution in [2.45, 2.75) is 6.43 Å². The van der Waals surface area contributed by atoms with Crippen LogP contribution in [-0.2, 0) is 0 Å². The largest absolute Gasteiger partial charge is 0.336 e. The maximum Gasteiger partial charge on any atom is 0.280 e. The van der Waals surface area contributed by atoms with Crippen LogP contribution in [0, 0.1) is 0 Å². The number of nitrogens with zero attached hydrogens (tertiary/aromatic N) is 6. The van der Waals surface area contributed by atoms with Gasteiger partial charge < -0.3 is 14.7 Å². The normalized spacial score (nSPS) is 15.7. The molecule has 3 aromatic rings. The highest BCUT2D eigenvalue weighted by Crippen LogP contribution is 2.24. The Kier molecular flexibility index (Phi) is 3.37. The van der Waals surface area contributed by atoms with Crippen molar-refractivity contribution in [1.82, 2.24) is 30.1 Å². The van der Waals surface area contributed by atoms with Gasteiger partial charge in [0, 0.05) is 38.4 Å². The molecule has 0 saturated carbocycles. The summed E-state index contributed by atoms with van der Waals surface area (Å²) in [5.41, 5.74) is 0.391. The van der Waals surface area contributed by atoms with E-state index in [1.54, 1.807) is 6.07 Å². The monoisotopic (exact) mass is 321 g/mol. The lowest BCUT2D eigenvalue weighted by Crippen LogP contribution is -2.44. The van der Waals surface area contributed by atoms with Crippen LogP contribution < -0.4 is 10.2 Å². The van der Waals surface area contributed by atoms with Gasteiger partial charge in [0.1, 0.15) is 5.69 Å². The Hall–Kier alpha value is -2.62. The molecule has 4 rings (SSSR count). The Bertz CT molecular complexity index is 825. The van der Waals surface area contributed by atoms with E-state index in [-0.39, 0.29) is 11.6 Å². The molecule has 0 aromatic carbocycles. The fraction of sp³-hybridized carbons (Fsp3) is 0.385. The fourth-order valence-electron chi connectivity index (χ4n) is 2.50. The Labute approximate surface area is 129 Å². The second-order valence-corrected chi connectivity index (χ2v) is 5.11. The molecule has 1 N–H and O–H groups in total. The molecule has 1 aliphatic rings. The van der Waals surface area contributed by atoms with E-state index >= 15 is 0 Å². The summed E-state index contributed by atoms with van der Waals surface area (Å²) in [6, 6.07) is 2.77. The van der Waals surface area contributed by atoms with E-state index in [1.807, 2.05) is 4.90 Å². The maximum absolute atomic E-state index is 13.0. The first-order valence-corrected chi connectivity index (χ1v) is 7.15. The van der Waals surface area contributed by atoms with E-state index in [2.05, 4.69) is 25.5 Å². The summed E-state index contributed by atoms with van der Waals surface area (Å²) >= 11 is 0. The van der Waals surface area contributed by atoms with Crippen molar-refractivity contribution in [3.63, 3.8) is 0 Å². The van der Waals surface area contributed by atoms with Crippen LogP contribution in [0.4, 0.5) is 14.7 Å². The molecular weight excluding hydrogens is 308 g/mol. The second kappa shape index (κ2) is 5.54. The van der Waals surface area contributed by atoms with Gasteiger partial charge in [0.05, 0.1) is 0 Å². The van der Waals surface area contributed by atoms with Crippen molar-refractivity contribution >= 4 is 11.6 Å². The number of alkyl halides is 2. The molecule has 0 radical (unpaired) electrons. The van der Waals surface area contributed by atoms with Crippen LogP contribution in [0.25, 0.3) is 17.2 Å². The van der Waals surface area contributed by atoms with E-state index in [0.29, 0.717) is 17.3 Å². The lowest BCUT2D eigenvalue weighted by Gasteiger charge is -2.25. The number of piperazine rings is 1. The lowest BCUT2D eigenvalue weighted by atomic mass is 10.4. The standard InChI is InChI=1S/C13H13F2N7O/c14-11(15)9-1-2-17-10-7-8(19-22(9)10)12-18-13(20-23-12)21-5-3-16-4-6-21/h1-2,7,11,16H,3-6H2. The molecule has 0 bridgehead atoms. The van der Waals surface area contributed by atoms with Gasteiger partial charge in [-0.25, -0.2) is 18.3 Å². The molecule has 120 valence electrons. The summed E-state index contributed by atoms with van der Waals surface area (Å²) < 4.78 is 32.3. The minimum absolute atomic E-state index is 0.184. The van der Waals surface area contributed by atoms with Crippen molar-refractivity contribution in [3.8, 4) is 11.6 Å². The summed E-state index contributed by atoms with van der Waals surface area (Å²) in [4.78, 5) is 10.3. The zero-order valence-corrected chi connectivity index (χ0v) is 12.0. The molecule has 8 nitrogen and oxygen atoms in total. The van der Waals surface area contributed by atoms with Crippen molar-refractivity contribution < 1.29 is 13.3 Å². The van der Waals surface area contributed by atoms with Gasteiger partial charge in [-0.1, -0.05) is 0 Å². The molecule has 10 heteroatoms. The minimum atomic E-state index is -2.65. The van der Waals surface area contributed by atoms with Crippen molar-refractivity contribution in [2.24, 2.45) is 0 Å². The second-order valence-electron chi connectivity index (χ2n) is 5.11. The first kappa shape index (κ1) is 14.0. The average Bonchev–Trinajstić information content (AvgIpc) is 3.21. The molecule has 3 aromatic heterocycles. The summed E-state index contributed by atoms with van der Waals surface area (Å²) in [5, 5.41) is 11.3.